The molecule has 0 aliphatic carbocycles. The van der Waals surface area contributed by atoms with E-state index in [1.807, 2.05) is 12.1 Å². The van der Waals surface area contributed by atoms with Crippen LogP contribution in [0.2, 0.25) is 0 Å². The number of methoxy groups -OCH3 is 1. The lowest BCUT2D eigenvalue weighted by Gasteiger charge is -2.13. The summed E-state index contributed by atoms with van der Waals surface area (Å²) in [5.41, 5.74) is 1.68. The third-order valence-corrected chi connectivity index (χ3v) is 3.14. The van der Waals surface area contributed by atoms with Crippen LogP contribution in [0.4, 0.5) is 0 Å². The van der Waals surface area contributed by atoms with Crippen molar-refractivity contribution in [2.24, 2.45) is 4.99 Å². The summed E-state index contributed by atoms with van der Waals surface area (Å²) in [5, 5.41) is 6.17. The highest BCUT2D eigenvalue weighted by atomic mass is 16.5. The minimum atomic E-state index is -0.269. The van der Waals surface area contributed by atoms with E-state index in [9.17, 15) is 9.59 Å². The molecule has 7 heteroatoms. The summed E-state index contributed by atoms with van der Waals surface area (Å²) in [6.07, 6.45) is 0.276. The third kappa shape index (κ3) is 6.37. The lowest BCUT2D eigenvalue weighted by atomic mass is 10.1. The number of guanidine groups is 1. The van der Waals surface area contributed by atoms with Crippen molar-refractivity contribution in [2.75, 3.05) is 34.8 Å². The fourth-order valence-electron chi connectivity index (χ4n) is 1.81. The number of aliphatic imine (C=N–C) groups is 1. The molecule has 0 radical (unpaired) electrons. The lowest BCUT2D eigenvalue weighted by molar-refractivity contribution is -0.140. The van der Waals surface area contributed by atoms with E-state index >= 15 is 0 Å². The molecule has 1 amide bonds. The molecule has 1 aromatic carbocycles. The second-order valence-electron chi connectivity index (χ2n) is 5.08. The van der Waals surface area contributed by atoms with Gasteiger partial charge in [-0.05, 0) is 17.7 Å². The monoisotopic (exact) mass is 320 g/mol. The van der Waals surface area contributed by atoms with E-state index in [1.54, 1.807) is 38.2 Å². The standard InChI is InChI=1S/C16H24N4O3/c1-17-16(18-10-9-14(21)23-4)19-11-12-5-7-13(8-6-12)15(22)20(2)3/h5-8H,9-11H2,1-4H3,(H2,17,18,19). The van der Waals surface area contributed by atoms with Gasteiger partial charge >= 0.3 is 5.97 Å². The van der Waals surface area contributed by atoms with Crippen molar-refractivity contribution in [3.63, 3.8) is 0 Å². The lowest BCUT2D eigenvalue weighted by Crippen LogP contribution is -2.37. The topological polar surface area (TPSA) is 83.0 Å². The van der Waals surface area contributed by atoms with Crippen LogP contribution in [-0.2, 0) is 16.1 Å². The Morgan fingerprint density at radius 1 is 1.17 bits per heavy atom. The van der Waals surface area contributed by atoms with Crippen LogP contribution in [-0.4, -0.2) is 57.5 Å². The van der Waals surface area contributed by atoms with Gasteiger partial charge in [-0.25, -0.2) is 0 Å². The number of ether oxygens (including phenoxy) is 1. The molecular formula is C16H24N4O3. The fourth-order valence-corrected chi connectivity index (χ4v) is 1.81. The molecule has 1 rings (SSSR count). The molecule has 7 nitrogen and oxygen atoms in total. The number of hydrogen-bond acceptors (Lipinski definition) is 4. The van der Waals surface area contributed by atoms with Gasteiger partial charge in [0.2, 0.25) is 0 Å². The maximum Gasteiger partial charge on any atom is 0.307 e. The van der Waals surface area contributed by atoms with Gasteiger partial charge in [0.15, 0.2) is 5.96 Å². The molecule has 0 spiro atoms. The maximum atomic E-state index is 11.8. The number of amides is 1. The minimum Gasteiger partial charge on any atom is -0.469 e. The molecule has 23 heavy (non-hydrogen) atoms. The van der Waals surface area contributed by atoms with Gasteiger partial charge in [0.25, 0.3) is 5.91 Å². The first-order chi connectivity index (χ1) is 11.0. The Bertz CT molecular complexity index is 553. The summed E-state index contributed by atoms with van der Waals surface area (Å²) in [7, 11) is 6.47. The number of nitrogens with one attached hydrogen (secondary N) is 2. The summed E-state index contributed by atoms with van der Waals surface area (Å²) in [4.78, 5) is 28.5. The van der Waals surface area contributed by atoms with E-state index in [1.165, 1.54) is 7.11 Å². The maximum absolute atomic E-state index is 11.8. The second kappa shape index (κ2) is 9.45. The first kappa shape index (κ1) is 18.5. The molecule has 0 atom stereocenters. The van der Waals surface area contributed by atoms with E-state index in [4.69, 9.17) is 0 Å². The number of esters is 1. The van der Waals surface area contributed by atoms with Crippen LogP contribution in [0.3, 0.4) is 0 Å². The van der Waals surface area contributed by atoms with Crippen LogP contribution in [0.5, 0.6) is 0 Å². The Hall–Kier alpha value is -2.57. The van der Waals surface area contributed by atoms with Crippen LogP contribution in [0.25, 0.3) is 0 Å². The SMILES string of the molecule is CN=C(NCCC(=O)OC)NCc1ccc(C(=O)N(C)C)cc1. The summed E-state index contributed by atoms with van der Waals surface area (Å²) < 4.78 is 4.57. The Kier molecular flexibility index (Phi) is 7.59. The molecule has 0 unspecified atom stereocenters. The zero-order valence-corrected chi connectivity index (χ0v) is 14.0. The van der Waals surface area contributed by atoms with Crippen molar-refractivity contribution in [3.05, 3.63) is 35.4 Å². The van der Waals surface area contributed by atoms with Gasteiger partial charge < -0.3 is 20.3 Å². The van der Waals surface area contributed by atoms with Gasteiger partial charge in [-0.2, -0.15) is 0 Å². The van der Waals surface area contributed by atoms with Gasteiger partial charge in [-0.3, -0.25) is 14.6 Å². The summed E-state index contributed by atoms with van der Waals surface area (Å²) in [5.74, 6) is 0.307. The van der Waals surface area contributed by atoms with Crippen molar-refractivity contribution in [3.8, 4) is 0 Å². The van der Waals surface area contributed by atoms with Crippen molar-refractivity contribution in [1.29, 1.82) is 0 Å². The van der Waals surface area contributed by atoms with Crippen LogP contribution < -0.4 is 10.6 Å². The Morgan fingerprint density at radius 3 is 2.35 bits per heavy atom. The minimum absolute atomic E-state index is 0.0233. The van der Waals surface area contributed by atoms with Gasteiger partial charge in [-0.1, -0.05) is 12.1 Å². The van der Waals surface area contributed by atoms with Crippen LogP contribution in [0.15, 0.2) is 29.3 Å². The number of nitrogens with zero attached hydrogens (tertiary/aromatic N) is 2. The van der Waals surface area contributed by atoms with E-state index in [2.05, 4.69) is 20.4 Å². The molecule has 0 saturated carbocycles. The molecule has 0 fully saturated rings. The number of hydrogen-bond donors (Lipinski definition) is 2. The fraction of sp³-hybridized carbons (Fsp3) is 0.438. The van der Waals surface area contributed by atoms with Gasteiger partial charge in [-0.15, -0.1) is 0 Å². The molecule has 0 bridgehead atoms. The summed E-state index contributed by atoms with van der Waals surface area (Å²) >= 11 is 0. The van der Waals surface area contributed by atoms with E-state index in [-0.39, 0.29) is 18.3 Å². The first-order valence-electron chi connectivity index (χ1n) is 7.30. The highest BCUT2D eigenvalue weighted by Gasteiger charge is 2.07. The zero-order valence-electron chi connectivity index (χ0n) is 14.0. The van der Waals surface area contributed by atoms with Crippen LogP contribution >= 0.6 is 0 Å². The van der Waals surface area contributed by atoms with Gasteiger partial charge in [0.05, 0.1) is 13.5 Å². The predicted molar refractivity (Wildman–Crippen MR) is 89.3 cm³/mol. The average Bonchev–Trinajstić information content (AvgIpc) is 2.57. The summed E-state index contributed by atoms with van der Waals surface area (Å²) in [6.45, 7) is 1.01. The first-order valence-corrected chi connectivity index (χ1v) is 7.30. The normalized spacial score (nSPS) is 10.9. The highest BCUT2D eigenvalue weighted by Crippen LogP contribution is 2.06. The Balaban J connectivity index is 2.47. The molecule has 0 aliphatic heterocycles. The number of carbonyl (C=O) groups is 2. The molecule has 0 aromatic heterocycles. The van der Waals surface area contributed by atoms with Gasteiger partial charge in [0.1, 0.15) is 0 Å². The average molecular weight is 320 g/mol. The predicted octanol–water partition coefficient (Wildman–Crippen LogP) is 0.617. The Morgan fingerprint density at radius 2 is 1.83 bits per heavy atom. The van der Waals surface area contributed by atoms with E-state index < -0.39 is 0 Å². The second-order valence-corrected chi connectivity index (χ2v) is 5.08. The molecule has 126 valence electrons. The van der Waals surface area contributed by atoms with Crippen molar-refractivity contribution in [2.45, 2.75) is 13.0 Å². The highest BCUT2D eigenvalue weighted by molar-refractivity contribution is 5.93. The van der Waals surface area contributed by atoms with Crippen molar-refractivity contribution in [1.82, 2.24) is 15.5 Å². The molecule has 2 N–H and O–H groups in total. The van der Waals surface area contributed by atoms with E-state index in [0.717, 1.165) is 5.56 Å². The third-order valence-electron chi connectivity index (χ3n) is 3.14. The molecule has 0 saturated heterocycles. The Labute approximate surface area is 136 Å². The number of benzene rings is 1. The van der Waals surface area contributed by atoms with E-state index in [0.29, 0.717) is 24.6 Å². The summed E-state index contributed by atoms with van der Waals surface area (Å²) in [6, 6.07) is 7.39. The number of rotatable bonds is 6. The molecule has 0 heterocycles. The largest absolute Gasteiger partial charge is 0.469 e. The molecule has 0 aliphatic rings. The van der Waals surface area contributed by atoms with Crippen LogP contribution in [0.1, 0.15) is 22.3 Å². The number of carbonyl (C=O) groups excluding carboxylic acids is 2. The molecule has 1 aromatic rings. The quantitative estimate of drug-likeness (QED) is 0.456. The molecular weight excluding hydrogens is 296 g/mol. The van der Waals surface area contributed by atoms with Crippen LogP contribution in [0, 0.1) is 0 Å². The van der Waals surface area contributed by atoms with Gasteiger partial charge in [0, 0.05) is 39.8 Å². The van der Waals surface area contributed by atoms with Crippen molar-refractivity contribution >= 4 is 17.8 Å². The van der Waals surface area contributed by atoms with Crippen molar-refractivity contribution < 1.29 is 14.3 Å². The smallest absolute Gasteiger partial charge is 0.307 e. The zero-order chi connectivity index (χ0) is 17.2.